The van der Waals surface area contributed by atoms with Crippen molar-refractivity contribution in [2.24, 2.45) is 5.92 Å². The number of para-hydroxylation sites is 1. The topological polar surface area (TPSA) is 30.5 Å². The van der Waals surface area contributed by atoms with E-state index in [0.717, 1.165) is 24.5 Å². The van der Waals surface area contributed by atoms with Crippen LogP contribution in [0.1, 0.15) is 40.2 Å². The second kappa shape index (κ2) is 6.04. The van der Waals surface area contributed by atoms with Crippen molar-refractivity contribution in [3.05, 3.63) is 23.8 Å². The van der Waals surface area contributed by atoms with Gasteiger partial charge < -0.3 is 14.8 Å². The molecule has 1 unspecified atom stereocenters. The molecule has 0 bridgehead atoms. The highest BCUT2D eigenvalue weighted by molar-refractivity contribution is 5.50. The van der Waals surface area contributed by atoms with Gasteiger partial charge in [0.2, 0.25) is 0 Å². The third kappa shape index (κ3) is 3.89. The maximum atomic E-state index is 6.02. The Morgan fingerprint density at radius 1 is 1.30 bits per heavy atom. The van der Waals surface area contributed by atoms with Gasteiger partial charge in [-0.05, 0) is 19.9 Å². The zero-order chi connectivity index (χ0) is 14.8. The molecule has 0 fully saturated rings. The normalized spacial score (nSPS) is 17.7. The summed E-state index contributed by atoms with van der Waals surface area (Å²) in [5.41, 5.74) is 1.13. The Morgan fingerprint density at radius 3 is 2.75 bits per heavy atom. The van der Waals surface area contributed by atoms with Crippen LogP contribution in [0.5, 0.6) is 11.5 Å². The summed E-state index contributed by atoms with van der Waals surface area (Å²) in [5, 5.41) is 3.44. The van der Waals surface area contributed by atoms with E-state index in [2.05, 4.69) is 52.1 Å². The van der Waals surface area contributed by atoms with Crippen LogP contribution in [-0.2, 0) is 6.42 Å². The van der Waals surface area contributed by atoms with E-state index in [1.807, 2.05) is 6.07 Å². The zero-order valence-corrected chi connectivity index (χ0v) is 13.3. The average molecular weight is 277 g/mol. The van der Waals surface area contributed by atoms with E-state index < -0.39 is 0 Å². The molecule has 0 spiro atoms. The van der Waals surface area contributed by atoms with Crippen molar-refractivity contribution in [1.82, 2.24) is 5.32 Å². The summed E-state index contributed by atoms with van der Waals surface area (Å²) in [5.74, 6) is 2.29. The van der Waals surface area contributed by atoms with Crippen LogP contribution in [0.15, 0.2) is 18.2 Å². The number of fused-ring (bicyclic) bond motifs is 1. The molecule has 1 heterocycles. The lowest BCUT2D eigenvalue weighted by Crippen LogP contribution is -2.30. The smallest absolute Gasteiger partial charge is 0.165 e. The number of hydrogen-bond acceptors (Lipinski definition) is 3. The van der Waals surface area contributed by atoms with Crippen LogP contribution in [0.3, 0.4) is 0 Å². The van der Waals surface area contributed by atoms with Gasteiger partial charge in [0.15, 0.2) is 11.5 Å². The summed E-state index contributed by atoms with van der Waals surface area (Å²) < 4.78 is 12.0. The maximum Gasteiger partial charge on any atom is 0.165 e. The van der Waals surface area contributed by atoms with Crippen molar-refractivity contribution in [2.45, 2.75) is 52.7 Å². The first-order valence-electron chi connectivity index (χ1n) is 7.54. The van der Waals surface area contributed by atoms with Crippen LogP contribution in [0.2, 0.25) is 0 Å². The van der Waals surface area contributed by atoms with E-state index in [4.69, 9.17) is 9.47 Å². The average Bonchev–Trinajstić information content (AvgIpc) is 2.68. The third-order valence-electron chi connectivity index (χ3n) is 3.45. The first-order chi connectivity index (χ1) is 9.37. The molecule has 0 saturated heterocycles. The van der Waals surface area contributed by atoms with Gasteiger partial charge >= 0.3 is 0 Å². The van der Waals surface area contributed by atoms with Crippen LogP contribution in [0.4, 0.5) is 0 Å². The molecule has 0 amide bonds. The first kappa shape index (κ1) is 15.2. The van der Waals surface area contributed by atoms with Gasteiger partial charge in [-0.25, -0.2) is 0 Å². The highest BCUT2D eigenvalue weighted by Gasteiger charge is 2.32. The van der Waals surface area contributed by atoms with E-state index in [-0.39, 0.29) is 5.60 Å². The number of ether oxygens (including phenoxy) is 2. The lowest BCUT2D eigenvalue weighted by molar-refractivity contribution is 0.130. The van der Waals surface area contributed by atoms with Crippen LogP contribution >= 0.6 is 0 Å². The minimum absolute atomic E-state index is 0.118. The number of hydrogen-bond donors (Lipinski definition) is 1. The second-order valence-corrected chi connectivity index (χ2v) is 6.76. The molecular weight excluding hydrogens is 250 g/mol. The number of benzene rings is 1. The van der Waals surface area contributed by atoms with Gasteiger partial charge in [0.1, 0.15) is 5.60 Å². The summed E-state index contributed by atoms with van der Waals surface area (Å²) in [4.78, 5) is 0. The quantitative estimate of drug-likeness (QED) is 0.864. The fourth-order valence-electron chi connectivity index (χ4n) is 2.43. The third-order valence-corrected chi connectivity index (χ3v) is 3.45. The molecule has 2 rings (SSSR count). The fraction of sp³-hybridized carbons (Fsp3) is 0.647. The van der Waals surface area contributed by atoms with E-state index in [1.165, 1.54) is 5.56 Å². The van der Waals surface area contributed by atoms with Crippen molar-refractivity contribution in [2.75, 3.05) is 13.2 Å². The van der Waals surface area contributed by atoms with Crippen molar-refractivity contribution in [1.29, 1.82) is 0 Å². The molecule has 1 aromatic carbocycles. The number of rotatable bonds is 6. The Balaban J connectivity index is 1.93. The summed E-state index contributed by atoms with van der Waals surface area (Å²) in [6, 6.07) is 6.70. The molecule has 3 heteroatoms. The summed E-state index contributed by atoms with van der Waals surface area (Å²) in [7, 11) is 0. The van der Waals surface area contributed by atoms with Crippen LogP contribution in [0.25, 0.3) is 0 Å². The summed E-state index contributed by atoms with van der Waals surface area (Å²) >= 11 is 0. The molecule has 20 heavy (non-hydrogen) atoms. The predicted octanol–water partition coefficient (Wildman–Crippen LogP) is 3.41. The molecule has 0 aromatic heterocycles. The molecule has 1 aliphatic rings. The van der Waals surface area contributed by atoms with Crippen LogP contribution in [0, 0.1) is 5.92 Å². The van der Waals surface area contributed by atoms with Gasteiger partial charge in [-0.3, -0.25) is 0 Å². The Bertz CT molecular complexity index is 454. The Kier molecular flexibility index (Phi) is 4.59. The highest BCUT2D eigenvalue weighted by atomic mass is 16.5. The fourth-order valence-corrected chi connectivity index (χ4v) is 2.43. The molecule has 1 aromatic rings. The summed E-state index contributed by atoms with van der Waals surface area (Å²) in [6.45, 7) is 12.4. The minimum atomic E-state index is -0.118. The Hall–Kier alpha value is -1.22. The number of nitrogens with one attached hydrogen (secondary N) is 1. The molecule has 1 N–H and O–H groups in total. The molecular formula is C17H27NO2. The van der Waals surface area contributed by atoms with Crippen LogP contribution in [-0.4, -0.2) is 24.8 Å². The molecule has 0 aliphatic carbocycles. The van der Waals surface area contributed by atoms with Crippen LogP contribution < -0.4 is 14.8 Å². The molecule has 112 valence electrons. The molecule has 1 aliphatic heterocycles. The van der Waals surface area contributed by atoms with Crippen molar-refractivity contribution >= 4 is 0 Å². The van der Waals surface area contributed by atoms with E-state index in [0.29, 0.717) is 18.6 Å². The van der Waals surface area contributed by atoms with Gasteiger partial charge in [-0.15, -0.1) is 0 Å². The van der Waals surface area contributed by atoms with Crippen molar-refractivity contribution in [3.63, 3.8) is 0 Å². The van der Waals surface area contributed by atoms with Gasteiger partial charge in [0.25, 0.3) is 0 Å². The zero-order valence-electron chi connectivity index (χ0n) is 13.3. The van der Waals surface area contributed by atoms with Crippen molar-refractivity contribution < 1.29 is 9.47 Å². The van der Waals surface area contributed by atoms with Gasteiger partial charge in [0, 0.05) is 30.5 Å². The summed E-state index contributed by atoms with van der Waals surface area (Å²) in [6.07, 6.45) is 0.948. The van der Waals surface area contributed by atoms with Gasteiger partial charge in [-0.1, -0.05) is 32.9 Å². The largest absolute Gasteiger partial charge is 0.489 e. The Labute approximate surface area is 122 Å². The van der Waals surface area contributed by atoms with Crippen molar-refractivity contribution in [3.8, 4) is 11.5 Å². The first-order valence-corrected chi connectivity index (χ1v) is 7.54. The molecule has 0 saturated carbocycles. The monoisotopic (exact) mass is 277 g/mol. The van der Waals surface area contributed by atoms with E-state index >= 15 is 0 Å². The SMILES string of the molecule is CC(CNC(C)C)COc1cccc2c1OC(C)(C)C2. The molecule has 3 nitrogen and oxygen atoms in total. The van der Waals surface area contributed by atoms with Gasteiger partial charge in [-0.2, -0.15) is 0 Å². The standard InChI is InChI=1S/C17H27NO2/c1-12(2)18-10-13(3)11-19-15-8-6-7-14-9-17(4,5)20-16(14)15/h6-8,12-13,18H,9-11H2,1-5H3. The van der Waals surface area contributed by atoms with Gasteiger partial charge in [0.05, 0.1) is 6.61 Å². The van der Waals surface area contributed by atoms with E-state index in [9.17, 15) is 0 Å². The van der Waals surface area contributed by atoms with E-state index in [1.54, 1.807) is 0 Å². The molecule has 1 atom stereocenters. The Morgan fingerprint density at radius 2 is 2.05 bits per heavy atom. The maximum absolute atomic E-state index is 6.02. The second-order valence-electron chi connectivity index (χ2n) is 6.76. The predicted molar refractivity (Wildman–Crippen MR) is 82.7 cm³/mol. The lowest BCUT2D eigenvalue weighted by Gasteiger charge is -2.19. The minimum Gasteiger partial charge on any atom is -0.489 e. The highest BCUT2D eigenvalue weighted by Crippen LogP contribution is 2.41. The lowest BCUT2D eigenvalue weighted by atomic mass is 10.0. The molecule has 0 radical (unpaired) electrons.